The summed E-state index contributed by atoms with van der Waals surface area (Å²) in [5.74, 6) is 1.39. The fraction of sp³-hybridized carbons (Fsp3) is 0.235. The zero-order chi connectivity index (χ0) is 16.8. The Bertz CT molecular complexity index is 651. The van der Waals surface area contributed by atoms with Gasteiger partial charge in [0.25, 0.3) is 5.91 Å². The molecule has 0 bridgehead atoms. The molecule has 122 valence electrons. The normalized spacial score (nSPS) is 11.5. The molecule has 1 N–H and O–H groups in total. The number of ether oxygens (including phenoxy) is 3. The molecule has 0 aliphatic carbocycles. The van der Waals surface area contributed by atoms with Crippen molar-refractivity contribution in [1.29, 1.82) is 0 Å². The molecule has 2 rings (SSSR count). The number of amides is 1. The highest BCUT2D eigenvalue weighted by atomic mass is 35.5. The number of carbonyl (C=O) groups excluding carboxylic acids is 1. The van der Waals surface area contributed by atoms with E-state index in [2.05, 4.69) is 5.32 Å². The lowest BCUT2D eigenvalue weighted by Gasteiger charge is -2.16. The lowest BCUT2D eigenvalue weighted by Crippen LogP contribution is -2.30. The Kier molecular flexibility index (Phi) is 5.71. The molecule has 0 radical (unpaired) electrons. The van der Waals surface area contributed by atoms with E-state index in [1.807, 2.05) is 0 Å². The minimum absolute atomic E-state index is 0.269. The Morgan fingerprint density at radius 1 is 1.00 bits per heavy atom. The molecule has 23 heavy (non-hydrogen) atoms. The van der Waals surface area contributed by atoms with E-state index in [9.17, 15) is 4.79 Å². The second-order valence-corrected chi connectivity index (χ2v) is 5.24. The summed E-state index contributed by atoms with van der Waals surface area (Å²) in [4.78, 5) is 12.2. The van der Waals surface area contributed by atoms with Gasteiger partial charge in [-0.1, -0.05) is 11.6 Å². The Labute approximate surface area is 140 Å². The van der Waals surface area contributed by atoms with Crippen molar-refractivity contribution in [1.82, 2.24) is 0 Å². The van der Waals surface area contributed by atoms with Crippen molar-refractivity contribution in [2.24, 2.45) is 0 Å². The van der Waals surface area contributed by atoms with Gasteiger partial charge in [0.05, 0.1) is 14.2 Å². The molecule has 2 aromatic rings. The number of nitrogens with one attached hydrogen (secondary N) is 1. The summed E-state index contributed by atoms with van der Waals surface area (Å²) < 4.78 is 16.0. The van der Waals surface area contributed by atoms with Crippen molar-refractivity contribution in [3.63, 3.8) is 0 Å². The van der Waals surface area contributed by atoms with Crippen LogP contribution in [0, 0.1) is 0 Å². The first kappa shape index (κ1) is 17.0. The molecule has 1 atom stereocenters. The molecule has 0 saturated heterocycles. The van der Waals surface area contributed by atoms with E-state index in [4.69, 9.17) is 25.8 Å². The summed E-state index contributed by atoms with van der Waals surface area (Å²) in [6, 6.07) is 12.0. The van der Waals surface area contributed by atoms with Gasteiger partial charge in [0, 0.05) is 28.9 Å². The molecule has 0 spiro atoms. The van der Waals surface area contributed by atoms with E-state index in [0.29, 0.717) is 28.0 Å². The smallest absolute Gasteiger partial charge is 0.265 e. The molecular formula is C17H18ClNO4. The van der Waals surface area contributed by atoms with Crippen LogP contribution in [0.25, 0.3) is 0 Å². The summed E-state index contributed by atoms with van der Waals surface area (Å²) >= 11 is 5.81. The van der Waals surface area contributed by atoms with Crippen molar-refractivity contribution >= 4 is 23.2 Å². The summed E-state index contributed by atoms with van der Waals surface area (Å²) in [7, 11) is 3.10. The quantitative estimate of drug-likeness (QED) is 0.873. The van der Waals surface area contributed by atoms with Gasteiger partial charge in [0.2, 0.25) is 0 Å². The molecule has 0 heterocycles. The summed E-state index contributed by atoms with van der Waals surface area (Å²) in [5.41, 5.74) is 0.651. The van der Waals surface area contributed by atoms with Crippen LogP contribution >= 0.6 is 11.6 Å². The fourth-order valence-corrected chi connectivity index (χ4v) is 2.01. The van der Waals surface area contributed by atoms with Gasteiger partial charge in [-0.25, -0.2) is 0 Å². The Hall–Kier alpha value is -2.40. The number of anilines is 1. The van der Waals surface area contributed by atoms with E-state index in [1.165, 1.54) is 0 Å². The predicted octanol–water partition coefficient (Wildman–Crippen LogP) is 3.76. The fourth-order valence-electron chi connectivity index (χ4n) is 1.88. The highest BCUT2D eigenvalue weighted by Crippen LogP contribution is 2.28. The standard InChI is InChI=1S/C17H18ClNO4/c1-11(17(20)19-13-6-4-12(18)5-7-13)23-16-9-14(21-2)8-15(10-16)22-3/h4-11H,1-3H3,(H,19,20)/t11-/m0/s1. The number of rotatable bonds is 6. The van der Waals surface area contributed by atoms with Gasteiger partial charge in [-0.15, -0.1) is 0 Å². The van der Waals surface area contributed by atoms with Gasteiger partial charge in [0.15, 0.2) is 6.10 Å². The maximum absolute atomic E-state index is 12.2. The van der Waals surface area contributed by atoms with Crippen LogP contribution in [0.1, 0.15) is 6.92 Å². The van der Waals surface area contributed by atoms with Crippen LogP contribution in [-0.4, -0.2) is 26.2 Å². The minimum Gasteiger partial charge on any atom is -0.496 e. The van der Waals surface area contributed by atoms with Crippen molar-refractivity contribution in [3.05, 3.63) is 47.5 Å². The van der Waals surface area contributed by atoms with Crippen LogP contribution in [0.5, 0.6) is 17.2 Å². The second-order valence-electron chi connectivity index (χ2n) is 4.80. The van der Waals surface area contributed by atoms with Crippen LogP contribution in [0.4, 0.5) is 5.69 Å². The largest absolute Gasteiger partial charge is 0.496 e. The Balaban J connectivity index is 2.04. The average Bonchev–Trinajstić information content (AvgIpc) is 2.56. The molecule has 0 unspecified atom stereocenters. The third-order valence-electron chi connectivity index (χ3n) is 3.12. The molecule has 0 saturated carbocycles. The van der Waals surface area contributed by atoms with Crippen molar-refractivity contribution < 1.29 is 19.0 Å². The van der Waals surface area contributed by atoms with Crippen molar-refractivity contribution in [2.75, 3.05) is 19.5 Å². The zero-order valence-electron chi connectivity index (χ0n) is 13.1. The van der Waals surface area contributed by atoms with Gasteiger partial charge >= 0.3 is 0 Å². The van der Waals surface area contributed by atoms with Gasteiger partial charge < -0.3 is 19.5 Å². The first-order chi connectivity index (χ1) is 11.0. The summed E-state index contributed by atoms with van der Waals surface area (Å²) in [6.45, 7) is 1.66. The zero-order valence-corrected chi connectivity index (χ0v) is 13.9. The average molecular weight is 336 g/mol. The lowest BCUT2D eigenvalue weighted by atomic mass is 10.2. The summed E-state index contributed by atoms with van der Waals surface area (Å²) in [6.07, 6.45) is -0.692. The number of hydrogen-bond acceptors (Lipinski definition) is 4. The van der Waals surface area contributed by atoms with Gasteiger partial charge in [-0.3, -0.25) is 4.79 Å². The van der Waals surface area contributed by atoms with Crippen molar-refractivity contribution in [3.8, 4) is 17.2 Å². The van der Waals surface area contributed by atoms with E-state index in [1.54, 1.807) is 63.6 Å². The van der Waals surface area contributed by atoms with Crippen LogP contribution in [0.15, 0.2) is 42.5 Å². The third kappa shape index (κ3) is 4.79. The second kappa shape index (κ2) is 7.74. The molecule has 2 aromatic carbocycles. The molecular weight excluding hydrogens is 318 g/mol. The Morgan fingerprint density at radius 2 is 1.52 bits per heavy atom. The van der Waals surface area contributed by atoms with Gasteiger partial charge in [-0.05, 0) is 31.2 Å². The molecule has 1 amide bonds. The van der Waals surface area contributed by atoms with E-state index in [0.717, 1.165) is 0 Å². The topological polar surface area (TPSA) is 56.8 Å². The predicted molar refractivity (Wildman–Crippen MR) is 89.7 cm³/mol. The molecule has 0 fully saturated rings. The maximum Gasteiger partial charge on any atom is 0.265 e. The number of methoxy groups -OCH3 is 2. The first-order valence-electron chi connectivity index (χ1n) is 6.98. The Morgan fingerprint density at radius 3 is 2.04 bits per heavy atom. The maximum atomic E-state index is 12.2. The van der Waals surface area contributed by atoms with E-state index < -0.39 is 6.10 Å². The lowest BCUT2D eigenvalue weighted by molar-refractivity contribution is -0.122. The van der Waals surface area contributed by atoms with E-state index in [-0.39, 0.29) is 5.91 Å². The number of carbonyl (C=O) groups is 1. The third-order valence-corrected chi connectivity index (χ3v) is 3.37. The molecule has 0 aromatic heterocycles. The molecule has 0 aliphatic rings. The van der Waals surface area contributed by atoms with Crippen LogP contribution < -0.4 is 19.5 Å². The SMILES string of the molecule is COc1cc(OC)cc(O[C@@H](C)C(=O)Nc2ccc(Cl)cc2)c1. The number of benzene rings is 2. The highest BCUT2D eigenvalue weighted by molar-refractivity contribution is 6.30. The van der Waals surface area contributed by atoms with Gasteiger partial charge in [0.1, 0.15) is 17.2 Å². The monoisotopic (exact) mass is 335 g/mol. The van der Waals surface area contributed by atoms with E-state index >= 15 is 0 Å². The van der Waals surface area contributed by atoms with Crippen molar-refractivity contribution in [2.45, 2.75) is 13.0 Å². The first-order valence-corrected chi connectivity index (χ1v) is 7.36. The van der Waals surface area contributed by atoms with Crippen LogP contribution in [0.3, 0.4) is 0 Å². The van der Waals surface area contributed by atoms with Crippen LogP contribution in [0.2, 0.25) is 5.02 Å². The summed E-state index contributed by atoms with van der Waals surface area (Å²) in [5, 5.41) is 3.37. The highest BCUT2D eigenvalue weighted by Gasteiger charge is 2.16. The van der Waals surface area contributed by atoms with Gasteiger partial charge in [-0.2, -0.15) is 0 Å². The van der Waals surface area contributed by atoms with Crippen LogP contribution in [-0.2, 0) is 4.79 Å². The minimum atomic E-state index is -0.692. The molecule has 5 nitrogen and oxygen atoms in total. The molecule has 0 aliphatic heterocycles. The molecule has 6 heteroatoms. The number of hydrogen-bond donors (Lipinski definition) is 1. The number of halogens is 1.